The summed E-state index contributed by atoms with van der Waals surface area (Å²) in [7, 11) is 0. The normalized spacial score (nSPS) is 14.2. The van der Waals surface area contributed by atoms with Gasteiger partial charge < -0.3 is 15.4 Å². The molecule has 0 saturated carbocycles. The number of ether oxygens (including phenoxy) is 1. The zero-order valence-corrected chi connectivity index (χ0v) is 18.1. The van der Waals surface area contributed by atoms with E-state index >= 15 is 0 Å². The molecule has 2 aromatic carbocycles. The standard InChI is InChI=1S/C23H24N4O3S/c1-16-21(22(29)26-18-7-3-2-4-8-18)31-23(24-16)17-6-5-9-19(14-17)25-20(28)15-27-10-12-30-13-11-27/h2-9,14H,10-13,15H2,1H3,(H,25,28)(H,26,29). The molecule has 1 saturated heterocycles. The number of thiazole rings is 1. The van der Waals surface area contributed by atoms with Crippen LogP contribution in [0, 0.1) is 6.92 Å². The van der Waals surface area contributed by atoms with Gasteiger partial charge in [0, 0.05) is 30.0 Å². The van der Waals surface area contributed by atoms with Crippen LogP contribution in [0.4, 0.5) is 11.4 Å². The van der Waals surface area contributed by atoms with E-state index in [1.54, 1.807) is 0 Å². The summed E-state index contributed by atoms with van der Waals surface area (Å²) in [5.74, 6) is -0.236. The summed E-state index contributed by atoms with van der Waals surface area (Å²) in [4.78, 5) is 32.3. The lowest BCUT2D eigenvalue weighted by molar-refractivity contribution is -0.118. The number of morpholine rings is 1. The topological polar surface area (TPSA) is 83.6 Å². The smallest absolute Gasteiger partial charge is 0.267 e. The van der Waals surface area contributed by atoms with Crippen LogP contribution in [0.5, 0.6) is 0 Å². The Morgan fingerprint density at radius 1 is 1.03 bits per heavy atom. The number of nitrogens with one attached hydrogen (secondary N) is 2. The summed E-state index contributed by atoms with van der Waals surface area (Å²) in [5.41, 5.74) is 2.98. The molecular formula is C23H24N4O3S. The minimum Gasteiger partial charge on any atom is -0.379 e. The first-order valence-electron chi connectivity index (χ1n) is 10.1. The summed E-state index contributed by atoms with van der Waals surface area (Å²) in [6.45, 7) is 5.01. The van der Waals surface area contributed by atoms with Crippen molar-refractivity contribution in [3.8, 4) is 10.6 Å². The minimum atomic E-state index is -0.178. The van der Waals surface area contributed by atoms with E-state index in [0.29, 0.717) is 36.0 Å². The van der Waals surface area contributed by atoms with Gasteiger partial charge in [-0.1, -0.05) is 30.3 Å². The van der Waals surface area contributed by atoms with E-state index in [9.17, 15) is 9.59 Å². The summed E-state index contributed by atoms with van der Waals surface area (Å²) >= 11 is 1.34. The zero-order chi connectivity index (χ0) is 21.6. The largest absolute Gasteiger partial charge is 0.379 e. The summed E-state index contributed by atoms with van der Waals surface area (Å²) in [5, 5.41) is 6.59. The van der Waals surface area contributed by atoms with Crippen molar-refractivity contribution in [3.63, 3.8) is 0 Å². The Bertz CT molecular complexity index is 1060. The van der Waals surface area contributed by atoms with Crippen LogP contribution in [0.1, 0.15) is 15.4 Å². The highest BCUT2D eigenvalue weighted by Crippen LogP contribution is 2.30. The number of anilines is 2. The predicted octanol–water partition coefficient (Wildman–Crippen LogP) is 3.64. The van der Waals surface area contributed by atoms with Gasteiger partial charge in [0.05, 0.1) is 25.5 Å². The van der Waals surface area contributed by atoms with Crippen LogP contribution in [0.15, 0.2) is 54.6 Å². The van der Waals surface area contributed by atoms with Crippen molar-refractivity contribution in [2.75, 3.05) is 43.5 Å². The molecule has 1 aliphatic heterocycles. The fourth-order valence-corrected chi connectivity index (χ4v) is 4.29. The quantitative estimate of drug-likeness (QED) is 0.616. The highest BCUT2D eigenvalue weighted by Gasteiger charge is 2.18. The summed E-state index contributed by atoms with van der Waals surface area (Å²) < 4.78 is 5.32. The monoisotopic (exact) mass is 436 g/mol. The number of amides is 2. The van der Waals surface area contributed by atoms with Crippen molar-refractivity contribution in [2.24, 2.45) is 0 Å². The average Bonchev–Trinajstić information content (AvgIpc) is 3.17. The number of aromatic nitrogens is 1. The molecule has 1 aliphatic rings. The Kier molecular flexibility index (Phi) is 6.71. The van der Waals surface area contributed by atoms with Crippen molar-refractivity contribution in [1.82, 2.24) is 9.88 Å². The first kappa shape index (κ1) is 21.2. The number of hydrogen-bond acceptors (Lipinski definition) is 6. The number of hydrogen-bond donors (Lipinski definition) is 2. The van der Waals surface area contributed by atoms with E-state index in [4.69, 9.17) is 4.74 Å². The van der Waals surface area contributed by atoms with E-state index in [1.165, 1.54) is 11.3 Å². The fourth-order valence-electron chi connectivity index (χ4n) is 3.33. The van der Waals surface area contributed by atoms with Crippen molar-refractivity contribution in [1.29, 1.82) is 0 Å². The van der Waals surface area contributed by atoms with Gasteiger partial charge in [0.1, 0.15) is 9.88 Å². The number of benzene rings is 2. The number of para-hydroxylation sites is 1. The molecule has 7 nitrogen and oxygen atoms in total. The Balaban J connectivity index is 1.44. The van der Waals surface area contributed by atoms with E-state index < -0.39 is 0 Å². The van der Waals surface area contributed by atoms with Crippen LogP contribution in [0.25, 0.3) is 10.6 Å². The molecule has 1 aromatic heterocycles. The van der Waals surface area contributed by atoms with Crippen LogP contribution >= 0.6 is 11.3 Å². The Hall–Kier alpha value is -3.07. The number of nitrogens with zero attached hydrogens (tertiary/aromatic N) is 2. The second-order valence-corrected chi connectivity index (χ2v) is 8.27. The second-order valence-electron chi connectivity index (χ2n) is 7.27. The van der Waals surface area contributed by atoms with Crippen LogP contribution in [0.2, 0.25) is 0 Å². The Morgan fingerprint density at radius 2 is 1.77 bits per heavy atom. The highest BCUT2D eigenvalue weighted by molar-refractivity contribution is 7.17. The molecule has 2 heterocycles. The van der Waals surface area contributed by atoms with Gasteiger partial charge in [-0.05, 0) is 31.2 Å². The Morgan fingerprint density at radius 3 is 2.55 bits per heavy atom. The van der Waals surface area contributed by atoms with Gasteiger partial charge in [-0.2, -0.15) is 0 Å². The summed E-state index contributed by atoms with van der Waals surface area (Å²) in [6.07, 6.45) is 0. The van der Waals surface area contributed by atoms with Crippen LogP contribution in [-0.4, -0.2) is 54.5 Å². The maximum Gasteiger partial charge on any atom is 0.267 e. The maximum absolute atomic E-state index is 12.7. The molecule has 160 valence electrons. The van der Waals surface area contributed by atoms with E-state index in [1.807, 2.05) is 61.5 Å². The molecule has 2 amide bonds. The Labute approximate surface area is 185 Å². The van der Waals surface area contributed by atoms with Gasteiger partial charge >= 0.3 is 0 Å². The molecule has 0 unspecified atom stereocenters. The van der Waals surface area contributed by atoms with Crippen molar-refractivity contribution in [3.05, 3.63) is 65.2 Å². The van der Waals surface area contributed by atoms with Gasteiger partial charge in [0.15, 0.2) is 0 Å². The molecule has 0 atom stereocenters. The van der Waals surface area contributed by atoms with Crippen LogP contribution in [0.3, 0.4) is 0 Å². The van der Waals surface area contributed by atoms with Crippen LogP contribution < -0.4 is 10.6 Å². The lowest BCUT2D eigenvalue weighted by Gasteiger charge is -2.25. The molecule has 0 aliphatic carbocycles. The van der Waals surface area contributed by atoms with E-state index in [-0.39, 0.29) is 11.8 Å². The minimum absolute atomic E-state index is 0.0581. The van der Waals surface area contributed by atoms with Gasteiger partial charge in [0.25, 0.3) is 5.91 Å². The maximum atomic E-state index is 12.7. The first-order chi connectivity index (χ1) is 15.1. The van der Waals surface area contributed by atoms with Crippen LogP contribution in [-0.2, 0) is 9.53 Å². The zero-order valence-electron chi connectivity index (χ0n) is 17.3. The molecule has 0 bridgehead atoms. The molecule has 8 heteroatoms. The predicted molar refractivity (Wildman–Crippen MR) is 123 cm³/mol. The average molecular weight is 437 g/mol. The third-order valence-corrected chi connectivity index (χ3v) is 6.10. The van der Waals surface area contributed by atoms with E-state index in [2.05, 4.69) is 20.5 Å². The third-order valence-electron chi connectivity index (χ3n) is 4.90. The molecular weight excluding hydrogens is 412 g/mol. The van der Waals surface area contributed by atoms with E-state index in [0.717, 1.165) is 29.3 Å². The third kappa shape index (κ3) is 5.55. The van der Waals surface area contributed by atoms with Gasteiger partial charge in [-0.25, -0.2) is 4.98 Å². The lowest BCUT2D eigenvalue weighted by atomic mass is 10.2. The number of carbonyl (C=O) groups excluding carboxylic acids is 2. The first-order valence-corrected chi connectivity index (χ1v) is 10.9. The molecule has 4 rings (SSSR count). The lowest BCUT2D eigenvalue weighted by Crippen LogP contribution is -2.41. The molecule has 1 fully saturated rings. The second kappa shape index (κ2) is 9.82. The molecule has 31 heavy (non-hydrogen) atoms. The fraction of sp³-hybridized carbons (Fsp3) is 0.261. The van der Waals surface area contributed by atoms with Crippen molar-refractivity contribution >= 4 is 34.5 Å². The number of carbonyl (C=O) groups is 2. The molecule has 0 spiro atoms. The van der Waals surface area contributed by atoms with Crippen molar-refractivity contribution in [2.45, 2.75) is 6.92 Å². The molecule has 3 aromatic rings. The number of aryl methyl sites for hydroxylation is 1. The van der Waals surface area contributed by atoms with Gasteiger partial charge in [-0.3, -0.25) is 14.5 Å². The van der Waals surface area contributed by atoms with Gasteiger partial charge in [-0.15, -0.1) is 11.3 Å². The SMILES string of the molecule is Cc1nc(-c2cccc(NC(=O)CN3CCOCC3)c2)sc1C(=O)Nc1ccccc1. The number of rotatable bonds is 6. The van der Waals surface area contributed by atoms with Crippen molar-refractivity contribution < 1.29 is 14.3 Å². The molecule has 2 N–H and O–H groups in total. The highest BCUT2D eigenvalue weighted by atomic mass is 32.1. The van der Waals surface area contributed by atoms with Gasteiger partial charge in [0.2, 0.25) is 5.91 Å². The molecule has 0 radical (unpaired) electrons. The summed E-state index contributed by atoms with van der Waals surface area (Å²) in [6, 6.07) is 16.9.